The number of para-hydroxylation sites is 2. The van der Waals surface area contributed by atoms with E-state index in [4.69, 9.17) is 14.2 Å². The molecular weight excluding hydrogens is 436 g/mol. The van der Waals surface area contributed by atoms with Crippen LogP contribution in [0.5, 0.6) is 17.2 Å². The monoisotopic (exact) mass is 462 g/mol. The standard InChI is InChI=1S/C22H27BrN2O4/c1-4-28-19-9-7-6-8-18(19)24-10-12-25(13-11-24)22(26)16-14-17(23)21(29-5-2)20(15-16)27-3/h6-9,14-15H,4-5,10-13H2,1-3H3. The maximum atomic E-state index is 13.1. The molecule has 156 valence electrons. The van der Waals surface area contributed by atoms with Crippen LogP contribution in [-0.2, 0) is 0 Å². The van der Waals surface area contributed by atoms with E-state index >= 15 is 0 Å². The molecule has 7 heteroatoms. The summed E-state index contributed by atoms with van der Waals surface area (Å²) in [4.78, 5) is 17.2. The van der Waals surface area contributed by atoms with E-state index in [0.29, 0.717) is 47.8 Å². The molecule has 0 aliphatic carbocycles. The number of hydrogen-bond acceptors (Lipinski definition) is 5. The summed E-state index contributed by atoms with van der Waals surface area (Å²) in [5.74, 6) is 2.04. The fourth-order valence-corrected chi connectivity index (χ4v) is 4.01. The predicted molar refractivity (Wildman–Crippen MR) is 118 cm³/mol. The lowest BCUT2D eigenvalue weighted by Crippen LogP contribution is -2.48. The third-order valence-electron chi connectivity index (χ3n) is 4.84. The second-order valence-corrected chi connectivity index (χ2v) is 7.46. The maximum Gasteiger partial charge on any atom is 0.254 e. The van der Waals surface area contributed by atoms with E-state index in [9.17, 15) is 4.79 Å². The van der Waals surface area contributed by atoms with E-state index in [1.165, 1.54) is 0 Å². The number of benzene rings is 2. The summed E-state index contributed by atoms with van der Waals surface area (Å²) in [6.45, 7) is 7.84. The molecule has 0 saturated carbocycles. The van der Waals surface area contributed by atoms with E-state index in [-0.39, 0.29) is 5.91 Å². The molecule has 2 aromatic rings. The highest BCUT2D eigenvalue weighted by Gasteiger charge is 2.25. The SMILES string of the molecule is CCOc1ccccc1N1CCN(C(=O)c2cc(Br)c(OCC)c(OC)c2)CC1. The summed E-state index contributed by atoms with van der Waals surface area (Å²) < 4.78 is 17.5. The summed E-state index contributed by atoms with van der Waals surface area (Å²) in [7, 11) is 1.58. The van der Waals surface area contributed by atoms with E-state index in [1.807, 2.05) is 36.9 Å². The Morgan fingerprint density at radius 3 is 2.34 bits per heavy atom. The Labute approximate surface area is 180 Å². The van der Waals surface area contributed by atoms with Crippen molar-refractivity contribution in [3.63, 3.8) is 0 Å². The Hall–Kier alpha value is -2.41. The summed E-state index contributed by atoms with van der Waals surface area (Å²) in [5.41, 5.74) is 1.66. The van der Waals surface area contributed by atoms with Crippen molar-refractivity contribution >= 4 is 27.5 Å². The average molecular weight is 463 g/mol. The van der Waals surface area contributed by atoms with E-state index in [2.05, 4.69) is 26.9 Å². The molecule has 0 spiro atoms. The number of methoxy groups -OCH3 is 1. The van der Waals surface area contributed by atoms with Gasteiger partial charge in [0.15, 0.2) is 11.5 Å². The van der Waals surface area contributed by atoms with Gasteiger partial charge in [0.2, 0.25) is 0 Å². The van der Waals surface area contributed by atoms with Crippen LogP contribution < -0.4 is 19.1 Å². The normalized spacial score (nSPS) is 13.9. The predicted octanol–water partition coefficient (Wildman–Crippen LogP) is 4.22. The molecule has 0 bridgehead atoms. The number of halogens is 1. The van der Waals surface area contributed by atoms with E-state index in [0.717, 1.165) is 24.5 Å². The Kier molecular flexibility index (Phi) is 7.25. The Balaban J connectivity index is 1.71. The lowest BCUT2D eigenvalue weighted by Gasteiger charge is -2.36. The van der Waals surface area contributed by atoms with Gasteiger partial charge >= 0.3 is 0 Å². The molecule has 0 N–H and O–H groups in total. The first-order valence-corrected chi connectivity index (χ1v) is 10.6. The molecule has 0 atom stereocenters. The van der Waals surface area contributed by atoms with Crippen molar-refractivity contribution in [2.75, 3.05) is 51.4 Å². The quantitative estimate of drug-likeness (QED) is 0.616. The number of nitrogens with zero attached hydrogens (tertiary/aromatic N) is 2. The van der Waals surface area contributed by atoms with Crippen molar-refractivity contribution in [3.8, 4) is 17.2 Å². The van der Waals surface area contributed by atoms with Crippen LogP contribution in [0.3, 0.4) is 0 Å². The van der Waals surface area contributed by atoms with Crippen molar-refractivity contribution < 1.29 is 19.0 Å². The van der Waals surface area contributed by atoms with Gasteiger partial charge in [-0.1, -0.05) is 12.1 Å². The molecule has 1 fully saturated rings. The molecule has 1 aliphatic rings. The Bertz CT molecular complexity index is 851. The summed E-state index contributed by atoms with van der Waals surface area (Å²) in [5, 5.41) is 0. The molecule has 3 rings (SSSR count). The molecule has 1 heterocycles. The number of amides is 1. The maximum absolute atomic E-state index is 13.1. The largest absolute Gasteiger partial charge is 0.493 e. The lowest BCUT2D eigenvalue weighted by molar-refractivity contribution is 0.0746. The van der Waals surface area contributed by atoms with Gasteiger partial charge in [-0.3, -0.25) is 4.79 Å². The van der Waals surface area contributed by atoms with Gasteiger partial charge in [-0.2, -0.15) is 0 Å². The van der Waals surface area contributed by atoms with Gasteiger partial charge in [0.1, 0.15) is 5.75 Å². The zero-order valence-electron chi connectivity index (χ0n) is 17.1. The summed E-state index contributed by atoms with van der Waals surface area (Å²) in [6, 6.07) is 11.6. The first kappa shape index (κ1) is 21.3. The Morgan fingerprint density at radius 1 is 1.00 bits per heavy atom. The second-order valence-electron chi connectivity index (χ2n) is 6.60. The van der Waals surface area contributed by atoms with Crippen LogP contribution in [0, 0.1) is 0 Å². The molecular formula is C22H27BrN2O4. The topological polar surface area (TPSA) is 51.2 Å². The third-order valence-corrected chi connectivity index (χ3v) is 5.43. The molecule has 0 aromatic heterocycles. The lowest BCUT2D eigenvalue weighted by atomic mass is 10.1. The number of rotatable bonds is 7. The van der Waals surface area contributed by atoms with Crippen LogP contribution >= 0.6 is 15.9 Å². The zero-order chi connectivity index (χ0) is 20.8. The van der Waals surface area contributed by atoms with Crippen LogP contribution in [0.1, 0.15) is 24.2 Å². The van der Waals surface area contributed by atoms with Crippen LogP contribution in [0.15, 0.2) is 40.9 Å². The van der Waals surface area contributed by atoms with Gasteiger partial charge in [-0.25, -0.2) is 0 Å². The van der Waals surface area contributed by atoms with Crippen molar-refractivity contribution in [2.45, 2.75) is 13.8 Å². The summed E-state index contributed by atoms with van der Waals surface area (Å²) >= 11 is 3.50. The highest BCUT2D eigenvalue weighted by atomic mass is 79.9. The highest BCUT2D eigenvalue weighted by molar-refractivity contribution is 9.10. The number of carbonyl (C=O) groups excluding carboxylic acids is 1. The van der Waals surface area contributed by atoms with Crippen LogP contribution in [0.25, 0.3) is 0 Å². The van der Waals surface area contributed by atoms with Gasteiger partial charge in [-0.05, 0) is 54.0 Å². The molecule has 1 amide bonds. The van der Waals surface area contributed by atoms with Gasteiger partial charge in [0, 0.05) is 31.7 Å². The minimum Gasteiger partial charge on any atom is -0.493 e. The molecule has 1 aliphatic heterocycles. The minimum atomic E-state index is -0.00945. The van der Waals surface area contributed by atoms with Crippen LogP contribution in [0.2, 0.25) is 0 Å². The van der Waals surface area contributed by atoms with Crippen molar-refractivity contribution in [1.29, 1.82) is 0 Å². The summed E-state index contributed by atoms with van der Waals surface area (Å²) in [6.07, 6.45) is 0. The first-order valence-electron chi connectivity index (χ1n) is 9.85. The van der Waals surface area contributed by atoms with Gasteiger partial charge in [-0.15, -0.1) is 0 Å². The minimum absolute atomic E-state index is 0.00945. The molecule has 0 radical (unpaired) electrons. The molecule has 1 saturated heterocycles. The smallest absolute Gasteiger partial charge is 0.254 e. The first-order chi connectivity index (χ1) is 14.1. The fourth-order valence-electron chi connectivity index (χ4n) is 3.46. The second kappa shape index (κ2) is 9.87. The van der Waals surface area contributed by atoms with E-state index < -0.39 is 0 Å². The zero-order valence-corrected chi connectivity index (χ0v) is 18.7. The number of piperazine rings is 1. The number of anilines is 1. The molecule has 2 aromatic carbocycles. The van der Waals surface area contributed by atoms with Gasteiger partial charge < -0.3 is 24.0 Å². The highest BCUT2D eigenvalue weighted by Crippen LogP contribution is 2.37. The van der Waals surface area contributed by atoms with Crippen molar-refractivity contribution in [1.82, 2.24) is 4.90 Å². The molecule has 6 nitrogen and oxygen atoms in total. The molecule has 29 heavy (non-hydrogen) atoms. The average Bonchev–Trinajstić information content (AvgIpc) is 2.75. The van der Waals surface area contributed by atoms with Gasteiger partial charge in [0.05, 0.1) is 30.5 Å². The molecule has 0 unspecified atom stereocenters. The van der Waals surface area contributed by atoms with Crippen molar-refractivity contribution in [2.24, 2.45) is 0 Å². The fraction of sp³-hybridized carbons (Fsp3) is 0.409. The number of hydrogen-bond donors (Lipinski definition) is 0. The number of ether oxygens (including phenoxy) is 3. The van der Waals surface area contributed by atoms with Crippen LogP contribution in [0.4, 0.5) is 5.69 Å². The number of carbonyl (C=O) groups is 1. The van der Waals surface area contributed by atoms with Crippen molar-refractivity contribution in [3.05, 3.63) is 46.4 Å². The van der Waals surface area contributed by atoms with Crippen LogP contribution in [-0.4, -0.2) is 57.3 Å². The van der Waals surface area contributed by atoms with Gasteiger partial charge in [0.25, 0.3) is 5.91 Å². The third kappa shape index (κ3) is 4.78. The van der Waals surface area contributed by atoms with E-state index in [1.54, 1.807) is 19.2 Å². The Morgan fingerprint density at radius 2 is 1.69 bits per heavy atom.